The Bertz CT molecular complexity index is 178. The van der Waals surface area contributed by atoms with Crippen LogP contribution in [0.25, 0.3) is 0 Å². The third-order valence-corrected chi connectivity index (χ3v) is 3.85. The summed E-state index contributed by atoms with van der Waals surface area (Å²) in [5.41, 5.74) is 0. The van der Waals surface area contributed by atoms with Gasteiger partial charge in [-0.25, -0.2) is 0 Å². The summed E-state index contributed by atoms with van der Waals surface area (Å²) >= 11 is 0. The summed E-state index contributed by atoms with van der Waals surface area (Å²) < 4.78 is 5.37. The van der Waals surface area contributed by atoms with Crippen molar-refractivity contribution in [2.45, 2.75) is 38.3 Å². The lowest BCUT2D eigenvalue weighted by molar-refractivity contribution is -0.936. The van der Waals surface area contributed by atoms with Crippen LogP contribution in [0.1, 0.15) is 26.2 Å². The quantitative estimate of drug-likeness (QED) is 0.627. The summed E-state index contributed by atoms with van der Waals surface area (Å²) in [6.07, 6.45) is 3.68. The molecule has 14 heavy (non-hydrogen) atoms. The van der Waals surface area contributed by atoms with Gasteiger partial charge in [-0.3, -0.25) is 0 Å². The molecule has 1 saturated carbocycles. The molecule has 0 aromatic heterocycles. The Morgan fingerprint density at radius 2 is 2.00 bits per heavy atom. The van der Waals surface area contributed by atoms with Gasteiger partial charge in [-0.15, -0.1) is 0 Å². The minimum absolute atomic E-state index is 0.127. The van der Waals surface area contributed by atoms with Gasteiger partial charge in [0.05, 0.1) is 25.4 Å². The molecule has 2 N–H and O–H groups in total. The maximum atomic E-state index is 9.71. The molecule has 3 atom stereocenters. The average Bonchev–Trinajstić information content (AvgIpc) is 2.67. The van der Waals surface area contributed by atoms with E-state index in [1.54, 1.807) is 4.90 Å². The molecule has 0 bridgehead atoms. The van der Waals surface area contributed by atoms with Crippen LogP contribution in [0, 0.1) is 5.92 Å². The average molecular weight is 200 g/mol. The van der Waals surface area contributed by atoms with Gasteiger partial charge in [-0.05, 0) is 26.2 Å². The lowest BCUT2D eigenvalue weighted by atomic mass is 9.96. The van der Waals surface area contributed by atoms with Crippen molar-refractivity contribution in [2.24, 2.45) is 5.92 Å². The summed E-state index contributed by atoms with van der Waals surface area (Å²) in [6, 6.07) is 0.693. The first-order chi connectivity index (χ1) is 6.79. The predicted octanol–water partition coefficient (Wildman–Crippen LogP) is -0.549. The van der Waals surface area contributed by atoms with Crippen molar-refractivity contribution in [1.29, 1.82) is 0 Å². The number of morpholine rings is 1. The van der Waals surface area contributed by atoms with E-state index in [4.69, 9.17) is 4.74 Å². The number of hydrogen-bond donors (Lipinski definition) is 2. The summed E-state index contributed by atoms with van der Waals surface area (Å²) in [5, 5.41) is 9.71. The van der Waals surface area contributed by atoms with Gasteiger partial charge in [-0.1, -0.05) is 0 Å². The lowest BCUT2D eigenvalue weighted by Gasteiger charge is -2.33. The van der Waals surface area contributed by atoms with E-state index in [1.807, 2.05) is 6.92 Å². The number of ether oxygens (including phenoxy) is 1. The second kappa shape index (κ2) is 4.60. The molecule has 1 heterocycles. The van der Waals surface area contributed by atoms with E-state index in [1.165, 1.54) is 19.3 Å². The van der Waals surface area contributed by atoms with Crippen LogP contribution in [0.4, 0.5) is 0 Å². The molecule has 1 saturated heterocycles. The summed E-state index contributed by atoms with van der Waals surface area (Å²) in [6.45, 7) is 6.02. The van der Waals surface area contributed by atoms with Crippen molar-refractivity contribution in [2.75, 3.05) is 26.3 Å². The van der Waals surface area contributed by atoms with Gasteiger partial charge in [0.1, 0.15) is 13.1 Å². The van der Waals surface area contributed by atoms with Crippen molar-refractivity contribution in [3.05, 3.63) is 0 Å². The molecule has 0 unspecified atom stereocenters. The van der Waals surface area contributed by atoms with Gasteiger partial charge < -0.3 is 14.7 Å². The smallest absolute Gasteiger partial charge is 0.101 e. The molecular formula is C11H22NO2+. The minimum atomic E-state index is -0.127. The molecule has 0 aromatic carbocycles. The van der Waals surface area contributed by atoms with E-state index in [0.29, 0.717) is 12.0 Å². The Balaban J connectivity index is 1.94. The van der Waals surface area contributed by atoms with E-state index in [9.17, 15) is 5.11 Å². The topological polar surface area (TPSA) is 33.9 Å². The largest absolute Gasteiger partial charge is 0.393 e. The first kappa shape index (κ1) is 10.4. The number of hydrogen-bond acceptors (Lipinski definition) is 2. The van der Waals surface area contributed by atoms with Crippen LogP contribution < -0.4 is 4.90 Å². The Hall–Kier alpha value is -0.120. The number of quaternary nitrogens is 1. The van der Waals surface area contributed by atoms with Crippen LogP contribution in [-0.2, 0) is 4.74 Å². The third kappa shape index (κ3) is 2.10. The van der Waals surface area contributed by atoms with Crippen molar-refractivity contribution in [3.8, 4) is 0 Å². The fraction of sp³-hybridized carbons (Fsp3) is 1.00. The summed E-state index contributed by atoms with van der Waals surface area (Å²) in [4.78, 5) is 1.67. The molecule has 0 spiro atoms. The maximum Gasteiger partial charge on any atom is 0.101 e. The zero-order chi connectivity index (χ0) is 9.97. The van der Waals surface area contributed by atoms with E-state index in [2.05, 4.69) is 0 Å². The second-order valence-electron chi connectivity index (χ2n) is 4.71. The van der Waals surface area contributed by atoms with Gasteiger partial charge >= 0.3 is 0 Å². The van der Waals surface area contributed by atoms with Crippen molar-refractivity contribution < 1.29 is 14.7 Å². The molecule has 0 aromatic rings. The highest BCUT2D eigenvalue weighted by atomic mass is 16.5. The molecule has 82 valence electrons. The first-order valence-electron chi connectivity index (χ1n) is 5.89. The molecule has 2 rings (SSSR count). The molecule has 2 aliphatic rings. The fourth-order valence-electron chi connectivity index (χ4n) is 3.08. The zero-order valence-corrected chi connectivity index (χ0v) is 9.04. The molecule has 0 radical (unpaired) electrons. The monoisotopic (exact) mass is 200 g/mol. The Morgan fingerprint density at radius 3 is 2.64 bits per heavy atom. The molecule has 3 nitrogen and oxygen atoms in total. The summed E-state index contributed by atoms with van der Waals surface area (Å²) in [7, 11) is 0. The maximum absolute atomic E-state index is 9.71. The van der Waals surface area contributed by atoms with Crippen LogP contribution in [0.3, 0.4) is 0 Å². The lowest BCUT2D eigenvalue weighted by Crippen LogP contribution is -3.18. The van der Waals surface area contributed by atoms with Crippen LogP contribution in [0.15, 0.2) is 0 Å². The molecule has 2 fully saturated rings. The van der Waals surface area contributed by atoms with Gasteiger partial charge in [0.2, 0.25) is 0 Å². The zero-order valence-electron chi connectivity index (χ0n) is 9.04. The minimum Gasteiger partial charge on any atom is -0.393 e. The standard InChI is InChI=1S/C11H21NO2/c1-9(13)10-3-2-4-11(10)12-5-7-14-8-6-12/h9-11,13H,2-8H2,1H3/p+1/t9-,10-,11-/m0/s1. The van der Waals surface area contributed by atoms with Crippen LogP contribution in [-0.4, -0.2) is 43.6 Å². The van der Waals surface area contributed by atoms with E-state index in [-0.39, 0.29) is 6.10 Å². The van der Waals surface area contributed by atoms with Gasteiger partial charge in [0, 0.05) is 5.92 Å². The number of aliphatic hydroxyl groups is 1. The van der Waals surface area contributed by atoms with Gasteiger partial charge in [-0.2, -0.15) is 0 Å². The third-order valence-electron chi connectivity index (χ3n) is 3.85. The molecular weight excluding hydrogens is 178 g/mol. The number of rotatable bonds is 2. The fourth-order valence-corrected chi connectivity index (χ4v) is 3.08. The molecule has 1 aliphatic carbocycles. The normalized spacial score (nSPS) is 37.3. The highest BCUT2D eigenvalue weighted by Gasteiger charge is 2.38. The van der Waals surface area contributed by atoms with E-state index < -0.39 is 0 Å². The van der Waals surface area contributed by atoms with Crippen LogP contribution in [0.5, 0.6) is 0 Å². The number of aliphatic hydroxyl groups excluding tert-OH is 1. The highest BCUT2D eigenvalue weighted by Crippen LogP contribution is 2.26. The van der Waals surface area contributed by atoms with Crippen molar-refractivity contribution >= 4 is 0 Å². The highest BCUT2D eigenvalue weighted by molar-refractivity contribution is 4.80. The SMILES string of the molecule is C[C@H](O)[C@@H]1CCC[C@@H]1[NH+]1CCOCC1. The van der Waals surface area contributed by atoms with E-state index in [0.717, 1.165) is 26.3 Å². The summed E-state index contributed by atoms with van der Waals surface area (Å²) in [5.74, 6) is 0.531. The van der Waals surface area contributed by atoms with E-state index >= 15 is 0 Å². The van der Waals surface area contributed by atoms with Gasteiger partial charge in [0.15, 0.2) is 0 Å². The predicted molar refractivity (Wildman–Crippen MR) is 54.3 cm³/mol. The Labute approximate surface area is 86.0 Å². The number of nitrogens with one attached hydrogen (secondary N) is 1. The molecule has 1 aliphatic heterocycles. The van der Waals surface area contributed by atoms with Crippen LogP contribution in [0.2, 0.25) is 0 Å². The molecule has 3 heteroatoms. The second-order valence-corrected chi connectivity index (χ2v) is 4.71. The first-order valence-corrected chi connectivity index (χ1v) is 5.89. The van der Waals surface area contributed by atoms with Crippen molar-refractivity contribution in [3.63, 3.8) is 0 Å². The Morgan fingerprint density at radius 1 is 1.29 bits per heavy atom. The van der Waals surface area contributed by atoms with Crippen LogP contribution >= 0.6 is 0 Å². The Kier molecular flexibility index (Phi) is 3.42. The van der Waals surface area contributed by atoms with Crippen molar-refractivity contribution in [1.82, 2.24) is 0 Å². The van der Waals surface area contributed by atoms with Gasteiger partial charge in [0.25, 0.3) is 0 Å². The molecule has 0 amide bonds.